The average molecular weight is 261 g/mol. The fraction of sp³-hybridized carbons (Fsp3) is 0.273. The normalized spacial score (nSPS) is 11.1. The Hall–Kier alpha value is -1.89. The quantitative estimate of drug-likeness (QED) is 0.813. The zero-order valence-corrected chi connectivity index (χ0v) is 9.12. The first-order valence-corrected chi connectivity index (χ1v) is 4.91. The maximum absolute atomic E-state index is 12.0. The molecule has 0 radical (unpaired) electrons. The molecule has 0 aromatic heterocycles. The number of alkyl halides is 3. The van der Waals surface area contributed by atoms with Crippen LogP contribution in [-0.4, -0.2) is 23.5 Å². The second kappa shape index (κ2) is 5.63. The summed E-state index contributed by atoms with van der Waals surface area (Å²) in [7, 11) is 0. The highest BCUT2D eigenvalue weighted by Gasteiger charge is 2.31. The topological polar surface area (TPSA) is 66.4 Å². The zero-order chi connectivity index (χ0) is 13.8. The number of carbonyl (C=O) groups is 2. The van der Waals surface area contributed by atoms with Crippen molar-refractivity contribution in [3.63, 3.8) is 0 Å². The highest BCUT2D eigenvalue weighted by molar-refractivity contribution is 5.93. The first-order chi connectivity index (χ1) is 8.35. The Morgan fingerprint density at radius 2 is 2.06 bits per heavy atom. The SMILES string of the molecule is O=Cc1ccc(CO)c(NC(=O)CC(F)(F)F)c1. The van der Waals surface area contributed by atoms with E-state index in [2.05, 4.69) is 0 Å². The van der Waals surface area contributed by atoms with Crippen molar-refractivity contribution in [1.82, 2.24) is 0 Å². The van der Waals surface area contributed by atoms with Crippen molar-refractivity contribution >= 4 is 17.9 Å². The molecule has 4 nitrogen and oxygen atoms in total. The molecule has 0 saturated heterocycles. The van der Waals surface area contributed by atoms with Gasteiger partial charge in [-0.05, 0) is 6.07 Å². The molecule has 2 N–H and O–H groups in total. The Balaban J connectivity index is 2.88. The van der Waals surface area contributed by atoms with Gasteiger partial charge in [-0.3, -0.25) is 9.59 Å². The lowest BCUT2D eigenvalue weighted by molar-refractivity contribution is -0.150. The molecule has 98 valence electrons. The number of aldehydes is 1. The number of aliphatic hydroxyl groups is 1. The van der Waals surface area contributed by atoms with Crippen molar-refractivity contribution in [3.8, 4) is 0 Å². The van der Waals surface area contributed by atoms with Gasteiger partial charge in [0.25, 0.3) is 0 Å². The number of rotatable bonds is 4. The number of carbonyl (C=O) groups excluding carboxylic acids is 2. The molecule has 0 atom stereocenters. The Bertz CT molecular complexity index is 457. The van der Waals surface area contributed by atoms with Crippen molar-refractivity contribution < 1.29 is 27.9 Å². The number of amides is 1. The van der Waals surface area contributed by atoms with Gasteiger partial charge >= 0.3 is 6.18 Å². The highest BCUT2D eigenvalue weighted by atomic mass is 19.4. The minimum absolute atomic E-state index is 0.00338. The number of hydrogen-bond donors (Lipinski definition) is 2. The number of aliphatic hydroxyl groups excluding tert-OH is 1. The van der Waals surface area contributed by atoms with Gasteiger partial charge in [0.15, 0.2) is 0 Å². The van der Waals surface area contributed by atoms with Crippen molar-refractivity contribution in [2.45, 2.75) is 19.2 Å². The standard InChI is InChI=1S/C11H10F3NO3/c12-11(13,14)4-10(18)15-9-3-7(5-16)1-2-8(9)6-17/h1-3,5,17H,4,6H2,(H,15,18). The van der Waals surface area contributed by atoms with Gasteiger partial charge in [0.1, 0.15) is 12.7 Å². The lowest BCUT2D eigenvalue weighted by Crippen LogP contribution is -2.21. The average Bonchev–Trinajstić information content (AvgIpc) is 2.26. The Morgan fingerprint density at radius 1 is 1.39 bits per heavy atom. The molecule has 0 aliphatic heterocycles. The van der Waals surface area contributed by atoms with Crippen molar-refractivity contribution in [2.24, 2.45) is 0 Å². The van der Waals surface area contributed by atoms with E-state index in [0.29, 0.717) is 6.29 Å². The smallest absolute Gasteiger partial charge is 0.392 e. The van der Waals surface area contributed by atoms with Crippen LogP contribution in [0, 0.1) is 0 Å². The summed E-state index contributed by atoms with van der Waals surface area (Å²) < 4.78 is 35.9. The first-order valence-electron chi connectivity index (χ1n) is 4.91. The minimum atomic E-state index is -4.61. The summed E-state index contributed by atoms with van der Waals surface area (Å²) >= 11 is 0. The van der Waals surface area contributed by atoms with Gasteiger partial charge in [-0.1, -0.05) is 12.1 Å². The lowest BCUT2D eigenvalue weighted by atomic mass is 10.1. The van der Waals surface area contributed by atoms with E-state index >= 15 is 0 Å². The van der Waals surface area contributed by atoms with E-state index in [1.807, 2.05) is 5.32 Å². The van der Waals surface area contributed by atoms with Crippen LogP contribution in [0.25, 0.3) is 0 Å². The maximum atomic E-state index is 12.0. The molecule has 1 amide bonds. The van der Waals surface area contributed by atoms with Crippen LogP contribution in [-0.2, 0) is 11.4 Å². The molecule has 1 rings (SSSR count). The first kappa shape index (κ1) is 14.2. The summed E-state index contributed by atoms with van der Waals surface area (Å²) in [4.78, 5) is 21.6. The fourth-order valence-electron chi connectivity index (χ4n) is 1.30. The molecular weight excluding hydrogens is 251 g/mol. The Labute approximate surface area is 100 Å². The summed E-state index contributed by atoms with van der Waals surface area (Å²) in [6.45, 7) is -0.458. The predicted octanol–water partition coefficient (Wildman–Crippen LogP) is 1.88. The van der Waals surface area contributed by atoms with Crippen LogP contribution >= 0.6 is 0 Å². The van der Waals surface area contributed by atoms with Crippen molar-refractivity contribution in [3.05, 3.63) is 29.3 Å². The Morgan fingerprint density at radius 3 is 2.56 bits per heavy atom. The molecule has 0 aliphatic carbocycles. The zero-order valence-electron chi connectivity index (χ0n) is 9.12. The third-order valence-corrected chi connectivity index (χ3v) is 2.08. The summed E-state index contributed by atoms with van der Waals surface area (Å²) in [5.74, 6) is -1.25. The van der Waals surface area contributed by atoms with Crippen LogP contribution in [0.3, 0.4) is 0 Å². The second-order valence-corrected chi connectivity index (χ2v) is 3.53. The van der Waals surface area contributed by atoms with Gasteiger partial charge in [-0.25, -0.2) is 0 Å². The van der Waals surface area contributed by atoms with E-state index in [1.165, 1.54) is 18.2 Å². The van der Waals surface area contributed by atoms with E-state index in [4.69, 9.17) is 5.11 Å². The van der Waals surface area contributed by atoms with Crippen LogP contribution < -0.4 is 5.32 Å². The molecule has 1 aromatic carbocycles. The number of benzene rings is 1. The predicted molar refractivity (Wildman–Crippen MR) is 57.1 cm³/mol. The molecule has 0 heterocycles. The van der Waals surface area contributed by atoms with E-state index in [0.717, 1.165) is 0 Å². The van der Waals surface area contributed by atoms with Gasteiger partial charge in [0.2, 0.25) is 5.91 Å². The van der Waals surface area contributed by atoms with Crippen LogP contribution in [0.1, 0.15) is 22.3 Å². The molecule has 0 bridgehead atoms. The lowest BCUT2D eigenvalue weighted by Gasteiger charge is -2.11. The van der Waals surface area contributed by atoms with Gasteiger partial charge in [0, 0.05) is 16.8 Å². The fourth-order valence-corrected chi connectivity index (χ4v) is 1.30. The van der Waals surface area contributed by atoms with Gasteiger partial charge in [-0.15, -0.1) is 0 Å². The summed E-state index contributed by atoms with van der Waals surface area (Å²) in [5, 5.41) is 11.0. The minimum Gasteiger partial charge on any atom is -0.392 e. The molecule has 0 saturated carbocycles. The highest BCUT2D eigenvalue weighted by Crippen LogP contribution is 2.22. The number of nitrogens with one attached hydrogen (secondary N) is 1. The molecule has 0 aliphatic rings. The van der Waals surface area contributed by atoms with Crippen LogP contribution in [0.2, 0.25) is 0 Å². The van der Waals surface area contributed by atoms with E-state index < -0.39 is 25.1 Å². The third-order valence-electron chi connectivity index (χ3n) is 2.08. The molecule has 1 aromatic rings. The van der Waals surface area contributed by atoms with Gasteiger partial charge < -0.3 is 10.4 Å². The molecule has 18 heavy (non-hydrogen) atoms. The summed E-state index contributed by atoms with van der Waals surface area (Å²) in [5.41, 5.74) is 0.419. The monoisotopic (exact) mass is 261 g/mol. The van der Waals surface area contributed by atoms with Crippen molar-refractivity contribution in [1.29, 1.82) is 0 Å². The summed E-state index contributed by atoms with van der Waals surface area (Å²) in [6, 6.07) is 3.94. The van der Waals surface area contributed by atoms with E-state index in [9.17, 15) is 22.8 Å². The van der Waals surface area contributed by atoms with Gasteiger partial charge in [0.05, 0.1) is 6.61 Å². The van der Waals surface area contributed by atoms with Crippen molar-refractivity contribution in [2.75, 3.05) is 5.32 Å². The molecule has 0 fully saturated rings. The van der Waals surface area contributed by atoms with Crippen LogP contribution in [0.15, 0.2) is 18.2 Å². The molecule has 0 unspecified atom stereocenters. The number of halogens is 3. The van der Waals surface area contributed by atoms with E-state index in [1.54, 1.807) is 0 Å². The largest absolute Gasteiger partial charge is 0.397 e. The Kier molecular flexibility index (Phi) is 4.43. The number of anilines is 1. The van der Waals surface area contributed by atoms with Gasteiger partial charge in [-0.2, -0.15) is 13.2 Å². The molecular formula is C11H10F3NO3. The third kappa shape index (κ3) is 4.17. The van der Waals surface area contributed by atoms with Crippen LogP contribution in [0.4, 0.5) is 18.9 Å². The molecule has 7 heteroatoms. The second-order valence-electron chi connectivity index (χ2n) is 3.53. The number of hydrogen-bond acceptors (Lipinski definition) is 3. The van der Waals surface area contributed by atoms with Crippen LogP contribution in [0.5, 0.6) is 0 Å². The molecule has 0 spiro atoms. The summed E-state index contributed by atoms with van der Waals surface area (Å²) in [6.07, 6.45) is -5.74. The van der Waals surface area contributed by atoms with E-state index in [-0.39, 0.29) is 16.8 Å². The maximum Gasteiger partial charge on any atom is 0.397 e.